The van der Waals surface area contributed by atoms with E-state index in [9.17, 15) is 8.78 Å². The summed E-state index contributed by atoms with van der Waals surface area (Å²) >= 11 is 0. The summed E-state index contributed by atoms with van der Waals surface area (Å²) < 4.78 is 37.8. The van der Waals surface area contributed by atoms with Gasteiger partial charge in [-0.25, -0.2) is 8.78 Å². The number of rotatable bonds is 8. The normalized spacial score (nSPS) is 16.9. The molecule has 0 aliphatic carbocycles. The maximum atomic E-state index is 13.8. The van der Waals surface area contributed by atoms with Crippen LogP contribution in [0.1, 0.15) is 17.5 Å². The maximum absolute atomic E-state index is 13.8. The fourth-order valence-corrected chi connectivity index (χ4v) is 3.76. The van der Waals surface area contributed by atoms with Gasteiger partial charge in [-0.2, -0.15) is 0 Å². The summed E-state index contributed by atoms with van der Waals surface area (Å²) in [6.45, 7) is 3.10. The topological polar surface area (TPSA) is 58.1 Å². The van der Waals surface area contributed by atoms with Crippen molar-refractivity contribution in [2.75, 3.05) is 40.9 Å². The highest BCUT2D eigenvalue weighted by Crippen LogP contribution is 2.24. The minimum Gasteiger partial charge on any atom is -0.497 e. The number of halogens is 2. The SMILES string of the molecule is CN=C(NCCc1cccc(F)c1F)NC1CCN(Cc2cc(OC)cc(OC)c2)C1. The number of ether oxygens (including phenoxy) is 2. The maximum Gasteiger partial charge on any atom is 0.191 e. The smallest absolute Gasteiger partial charge is 0.191 e. The fraction of sp³-hybridized carbons (Fsp3) is 0.435. The third-order valence-electron chi connectivity index (χ3n) is 5.37. The van der Waals surface area contributed by atoms with Crippen molar-refractivity contribution in [2.24, 2.45) is 4.99 Å². The van der Waals surface area contributed by atoms with Crippen LogP contribution in [-0.2, 0) is 13.0 Å². The molecule has 1 aliphatic heterocycles. The van der Waals surface area contributed by atoms with Gasteiger partial charge >= 0.3 is 0 Å². The molecule has 2 aromatic rings. The minimum atomic E-state index is -0.820. The van der Waals surface area contributed by atoms with Gasteiger partial charge in [-0.3, -0.25) is 9.89 Å². The van der Waals surface area contributed by atoms with Gasteiger partial charge in [0.25, 0.3) is 0 Å². The molecule has 0 aromatic heterocycles. The Morgan fingerprint density at radius 3 is 2.58 bits per heavy atom. The molecular formula is C23H30F2N4O2. The highest BCUT2D eigenvalue weighted by Gasteiger charge is 2.23. The van der Waals surface area contributed by atoms with E-state index in [0.717, 1.165) is 49.2 Å². The molecule has 3 rings (SSSR count). The Labute approximate surface area is 182 Å². The number of methoxy groups -OCH3 is 2. The van der Waals surface area contributed by atoms with E-state index in [2.05, 4.69) is 20.5 Å². The molecule has 0 spiro atoms. The first-order valence-electron chi connectivity index (χ1n) is 10.4. The zero-order valence-electron chi connectivity index (χ0n) is 18.3. The Kier molecular flexibility index (Phi) is 8.06. The molecule has 2 N–H and O–H groups in total. The molecule has 1 atom stereocenters. The van der Waals surface area contributed by atoms with Crippen molar-refractivity contribution in [3.05, 3.63) is 59.2 Å². The molecule has 0 bridgehead atoms. The number of aliphatic imine (C=N–C) groups is 1. The van der Waals surface area contributed by atoms with Gasteiger partial charge < -0.3 is 20.1 Å². The van der Waals surface area contributed by atoms with Crippen molar-refractivity contribution in [3.8, 4) is 11.5 Å². The average Bonchev–Trinajstić information content (AvgIpc) is 3.22. The quantitative estimate of drug-likeness (QED) is 0.496. The second-order valence-electron chi connectivity index (χ2n) is 7.55. The first-order chi connectivity index (χ1) is 15.0. The van der Waals surface area contributed by atoms with Crippen LogP contribution in [0.3, 0.4) is 0 Å². The van der Waals surface area contributed by atoms with Crippen molar-refractivity contribution >= 4 is 5.96 Å². The molecule has 31 heavy (non-hydrogen) atoms. The highest BCUT2D eigenvalue weighted by atomic mass is 19.2. The second kappa shape index (κ2) is 10.9. The predicted molar refractivity (Wildman–Crippen MR) is 118 cm³/mol. The summed E-state index contributed by atoms with van der Waals surface area (Å²) in [5.41, 5.74) is 1.49. The lowest BCUT2D eigenvalue weighted by Crippen LogP contribution is -2.45. The van der Waals surface area contributed by atoms with E-state index in [1.807, 2.05) is 18.2 Å². The van der Waals surface area contributed by atoms with Crippen molar-refractivity contribution in [1.82, 2.24) is 15.5 Å². The monoisotopic (exact) mass is 432 g/mol. The van der Waals surface area contributed by atoms with Gasteiger partial charge in [0.2, 0.25) is 0 Å². The second-order valence-corrected chi connectivity index (χ2v) is 7.55. The first kappa shape index (κ1) is 22.8. The molecule has 1 aliphatic rings. The summed E-state index contributed by atoms with van der Waals surface area (Å²) in [7, 11) is 5.00. The molecule has 8 heteroatoms. The van der Waals surface area contributed by atoms with Gasteiger partial charge in [-0.15, -0.1) is 0 Å². The first-order valence-corrected chi connectivity index (χ1v) is 10.4. The molecule has 0 saturated carbocycles. The van der Waals surface area contributed by atoms with Crippen molar-refractivity contribution in [1.29, 1.82) is 0 Å². The number of benzene rings is 2. The van der Waals surface area contributed by atoms with E-state index in [1.54, 1.807) is 27.3 Å². The number of hydrogen-bond acceptors (Lipinski definition) is 4. The Balaban J connectivity index is 1.48. The number of guanidine groups is 1. The van der Waals surface area contributed by atoms with Crippen LogP contribution in [0.4, 0.5) is 8.78 Å². The zero-order chi connectivity index (χ0) is 22.2. The highest BCUT2D eigenvalue weighted by molar-refractivity contribution is 5.80. The van der Waals surface area contributed by atoms with E-state index >= 15 is 0 Å². The molecule has 1 saturated heterocycles. The molecule has 1 unspecified atom stereocenters. The van der Waals surface area contributed by atoms with Crippen LogP contribution in [0.5, 0.6) is 11.5 Å². The average molecular weight is 433 g/mol. The third-order valence-corrected chi connectivity index (χ3v) is 5.37. The van der Waals surface area contributed by atoms with Gasteiger partial charge in [0.1, 0.15) is 11.5 Å². The molecule has 0 amide bonds. The Bertz CT molecular complexity index is 885. The minimum absolute atomic E-state index is 0.254. The molecule has 0 radical (unpaired) electrons. The lowest BCUT2D eigenvalue weighted by molar-refractivity contribution is 0.321. The molecule has 6 nitrogen and oxygen atoms in total. The van der Waals surface area contributed by atoms with Crippen LogP contribution < -0.4 is 20.1 Å². The molecular weight excluding hydrogens is 402 g/mol. The van der Waals surface area contributed by atoms with Crippen molar-refractivity contribution < 1.29 is 18.3 Å². The van der Waals surface area contributed by atoms with Gasteiger partial charge in [-0.05, 0) is 42.2 Å². The van der Waals surface area contributed by atoms with E-state index in [0.29, 0.717) is 24.5 Å². The van der Waals surface area contributed by atoms with Crippen LogP contribution in [0.25, 0.3) is 0 Å². The predicted octanol–water partition coefficient (Wildman–Crippen LogP) is 2.96. The summed E-state index contributed by atoms with van der Waals surface area (Å²) in [5.74, 6) is 0.615. The van der Waals surface area contributed by atoms with E-state index in [1.165, 1.54) is 6.07 Å². The molecule has 1 fully saturated rings. The fourth-order valence-electron chi connectivity index (χ4n) is 3.76. The molecule has 2 aromatic carbocycles. The largest absolute Gasteiger partial charge is 0.497 e. The van der Waals surface area contributed by atoms with Gasteiger partial charge in [-0.1, -0.05) is 12.1 Å². The van der Waals surface area contributed by atoms with E-state index in [4.69, 9.17) is 9.47 Å². The van der Waals surface area contributed by atoms with Gasteiger partial charge in [0.15, 0.2) is 17.6 Å². The van der Waals surface area contributed by atoms with Crippen LogP contribution >= 0.6 is 0 Å². The summed E-state index contributed by atoms with van der Waals surface area (Å²) in [5, 5.41) is 6.60. The molecule has 168 valence electrons. The summed E-state index contributed by atoms with van der Waals surface area (Å²) in [6, 6.07) is 10.4. The lowest BCUT2D eigenvalue weighted by atomic mass is 10.1. The van der Waals surface area contributed by atoms with Gasteiger partial charge in [0, 0.05) is 45.3 Å². The Hall–Kier alpha value is -2.87. The summed E-state index contributed by atoms with van der Waals surface area (Å²) in [4.78, 5) is 6.61. The number of nitrogens with zero attached hydrogens (tertiary/aromatic N) is 2. The van der Waals surface area contributed by atoms with Crippen LogP contribution in [0.15, 0.2) is 41.4 Å². The van der Waals surface area contributed by atoms with Gasteiger partial charge in [0.05, 0.1) is 14.2 Å². The zero-order valence-corrected chi connectivity index (χ0v) is 18.3. The lowest BCUT2D eigenvalue weighted by Gasteiger charge is -2.19. The van der Waals surface area contributed by atoms with Crippen LogP contribution in [0, 0.1) is 11.6 Å². The van der Waals surface area contributed by atoms with Crippen molar-refractivity contribution in [2.45, 2.75) is 25.4 Å². The van der Waals surface area contributed by atoms with Crippen LogP contribution in [-0.4, -0.2) is 57.8 Å². The number of nitrogens with one attached hydrogen (secondary N) is 2. The number of hydrogen-bond donors (Lipinski definition) is 2. The third kappa shape index (κ3) is 6.30. The summed E-state index contributed by atoms with van der Waals surface area (Å²) in [6.07, 6.45) is 1.36. The van der Waals surface area contributed by atoms with Crippen LogP contribution in [0.2, 0.25) is 0 Å². The molecule has 1 heterocycles. The Morgan fingerprint density at radius 2 is 1.90 bits per heavy atom. The van der Waals surface area contributed by atoms with E-state index in [-0.39, 0.29) is 6.04 Å². The number of likely N-dealkylation sites (tertiary alicyclic amines) is 1. The standard InChI is InChI=1S/C23H30F2N4O2/c1-26-23(27-9-7-17-5-4-6-21(24)22(17)25)28-18-8-10-29(15-18)14-16-11-19(30-2)13-20(12-16)31-3/h4-6,11-13,18H,7-10,14-15H2,1-3H3,(H2,26,27,28). The van der Waals surface area contributed by atoms with E-state index < -0.39 is 11.6 Å². The van der Waals surface area contributed by atoms with Crippen molar-refractivity contribution in [3.63, 3.8) is 0 Å². The Morgan fingerprint density at radius 1 is 1.16 bits per heavy atom.